The normalized spacial score (nSPS) is 15.6. The molecular formula is C14H22ClN3. The molecule has 0 atom stereocenters. The molecule has 4 heteroatoms. The Morgan fingerprint density at radius 3 is 2.50 bits per heavy atom. The van der Waals surface area contributed by atoms with Gasteiger partial charge in [0.05, 0.1) is 0 Å². The van der Waals surface area contributed by atoms with Gasteiger partial charge < -0.3 is 4.90 Å². The monoisotopic (exact) mass is 267 g/mol. The Balaban J connectivity index is 2.24. The van der Waals surface area contributed by atoms with Crippen LogP contribution in [0, 0.1) is 12.8 Å². The summed E-state index contributed by atoms with van der Waals surface area (Å²) in [4.78, 5) is 11.3. The van der Waals surface area contributed by atoms with Crippen molar-refractivity contribution in [3.63, 3.8) is 0 Å². The van der Waals surface area contributed by atoms with Gasteiger partial charge in [-0.1, -0.05) is 24.9 Å². The molecule has 1 aromatic heterocycles. The van der Waals surface area contributed by atoms with Crippen LogP contribution in [0.5, 0.6) is 0 Å². The minimum Gasteiger partial charge on any atom is -0.356 e. The summed E-state index contributed by atoms with van der Waals surface area (Å²) in [6.07, 6.45) is 4.92. The summed E-state index contributed by atoms with van der Waals surface area (Å²) in [7, 11) is 0. The fourth-order valence-electron chi connectivity index (χ4n) is 2.34. The molecule has 1 aliphatic carbocycles. The van der Waals surface area contributed by atoms with Crippen LogP contribution in [0.15, 0.2) is 0 Å². The second kappa shape index (κ2) is 5.87. The van der Waals surface area contributed by atoms with E-state index in [1.165, 1.54) is 19.3 Å². The lowest BCUT2D eigenvalue weighted by Gasteiger charge is -2.33. The van der Waals surface area contributed by atoms with Gasteiger partial charge in [0.15, 0.2) is 0 Å². The van der Waals surface area contributed by atoms with E-state index in [9.17, 15) is 0 Å². The lowest BCUT2D eigenvalue weighted by Crippen LogP contribution is -2.33. The average molecular weight is 268 g/mol. The molecule has 2 rings (SSSR count). The van der Waals surface area contributed by atoms with Gasteiger partial charge in [0.25, 0.3) is 0 Å². The standard InChI is InChI=1S/C14H22ClN3/c1-4-12-16-13(15)10(3)14(17-12)18(5-2)9-11-7-6-8-11/h11H,4-9H2,1-3H3. The maximum atomic E-state index is 6.21. The molecule has 18 heavy (non-hydrogen) atoms. The number of nitrogens with zero attached hydrogens (tertiary/aromatic N) is 3. The van der Waals surface area contributed by atoms with Gasteiger partial charge in [-0.25, -0.2) is 9.97 Å². The van der Waals surface area contributed by atoms with Crippen LogP contribution in [0.3, 0.4) is 0 Å². The molecule has 3 nitrogen and oxygen atoms in total. The maximum absolute atomic E-state index is 6.21. The molecule has 1 fully saturated rings. The van der Waals surface area contributed by atoms with Crippen LogP contribution >= 0.6 is 11.6 Å². The zero-order valence-corrected chi connectivity index (χ0v) is 12.3. The summed E-state index contributed by atoms with van der Waals surface area (Å²) < 4.78 is 0. The first kappa shape index (κ1) is 13.6. The highest BCUT2D eigenvalue weighted by atomic mass is 35.5. The summed E-state index contributed by atoms with van der Waals surface area (Å²) in [5.74, 6) is 2.71. The number of rotatable bonds is 5. The fraction of sp³-hybridized carbons (Fsp3) is 0.714. The number of hydrogen-bond acceptors (Lipinski definition) is 3. The third kappa shape index (κ3) is 2.77. The molecule has 1 aliphatic rings. The molecule has 0 radical (unpaired) electrons. The van der Waals surface area contributed by atoms with Gasteiger partial charge in [-0.3, -0.25) is 0 Å². The lowest BCUT2D eigenvalue weighted by atomic mass is 9.85. The van der Waals surface area contributed by atoms with Gasteiger partial charge in [-0.05, 0) is 32.6 Å². The highest BCUT2D eigenvalue weighted by Gasteiger charge is 2.22. The van der Waals surface area contributed by atoms with Crippen molar-refractivity contribution in [1.29, 1.82) is 0 Å². The van der Waals surface area contributed by atoms with Crippen molar-refractivity contribution in [2.24, 2.45) is 5.92 Å². The lowest BCUT2D eigenvalue weighted by molar-refractivity contribution is 0.318. The molecule has 0 saturated heterocycles. The third-order valence-corrected chi connectivity index (χ3v) is 4.18. The molecule has 1 saturated carbocycles. The van der Waals surface area contributed by atoms with Crippen LogP contribution in [0.4, 0.5) is 5.82 Å². The van der Waals surface area contributed by atoms with E-state index in [0.717, 1.165) is 42.6 Å². The highest BCUT2D eigenvalue weighted by Crippen LogP contribution is 2.30. The average Bonchev–Trinajstić information content (AvgIpc) is 2.32. The van der Waals surface area contributed by atoms with E-state index >= 15 is 0 Å². The van der Waals surface area contributed by atoms with E-state index in [1.54, 1.807) is 0 Å². The van der Waals surface area contributed by atoms with Gasteiger partial charge in [0, 0.05) is 25.1 Å². The Hall–Kier alpha value is -0.830. The van der Waals surface area contributed by atoms with Crippen LogP contribution in [0.2, 0.25) is 5.15 Å². The largest absolute Gasteiger partial charge is 0.356 e. The smallest absolute Gasteiger partial charge is 0.137 e. The molecule has 0 amide bonds. The Kier molecular flexibility index (Phi) is 4.44. The van der Waals surface area contributed by atoms with E-state index in [2.05, 4.69) is 28.7 Å². The predicted octanol–water partition coefficient (Wildman–Crippen LogP) is 3.63. The SMILES string of the molecule is CCc1nc(Cl)c(C)c(N(CC)CC2CCC2)n1. The summed E-state index contributed by atoms with van der Waals surface area (Å²) in [6, 6.07) is 0. The topological polar surface area (TPSA) is 29.0 Å². The van der Waals surface area contributed by atoms with Crippen LogP contribution in [-0.4, -0.2) is 23.1 Å². The van der Waals surface area contributed by atoms with E-state index < -0.39 is 0 Å². The second-order valence-corrected chi connectivity index (χ2v) is 5.43. The van der Waals surface area contributed by atoms with E-state index in [4.69, 9.17) is 11.6 Å². The van der Waals surface area contributed by atoms with E-state index in [-0.39, 0.29) is 0 Å². The molecule has 0 aliphatic heterocycles. The molecule has 0 bridgehead atoms. The van der Waals surface area contributed by atoms with Crippen molar-refractivity contribution in [2.45, 2.75) is 46.5 Å². The zero-order chi connectivity index (χ0) is 13.1. The van der Waals surface area contributed by atoms with Crippen molar-refractivity contribution in [3.8, 4) is 0 Å². The number of halogens is 1. The number of hydrogen-bond donors (Lipinski definition) is 0. The van der Waals surface area contributed by atoms with Crippen molar-refractivity contribution in [1.82, 2.24) is 9.97 Å². The summed E-state index contributed by atoms with van der Waals surface area (Å²) in [5, 5.41) is 0.601. The van der Waals surface area contributed by atoms with Crippen LogP contribution in [0.25, 0.3) is 0 Å². The minimum atomic E-state index is 0.601. The molecule has 0 aromatic carbocycles. The Morgan fingerprint density at radius 1 is 1.28 bits per heavy atom. The predicted molar refractivity (Wildman–Crippen MR) is 76.4 cm³/mol. The molecule has 1 heterocycles. The van der Waals surface area contributed by atoms with Crippen LogP contribution in [0.1, 0.15) is 44.5 Å². The van der Waals surface area contributed by atoms with Crippen molar-refractivity contribution in [2.75, 3.05) is 18.0 Å². The van der Waals surface area contributed by atoms with E-state index in [0.29, 0.717) is 5.15 Å². The summed E-state index contributed by atoms with van der Waals surface area (Å²) in [5.41, 5.74) is 1.01. The first-order valence-corrected chi connectivity index (χ1v) is 7.31. The first-order valence-electron chi connectivity index (χ1n) is 6.93. The van der Waals surface area contributed by atoms with Crippen LogP contribution < -0.4 is 4.90 Å². The molecular weight excluding hydrogens is 246 g/mol. The fourth-order valence-corrected chi connectivity index (χ4v) is 2.52. The van der Waals surface area contributed by atoms with Crippen molar-refractivity contribution >= 4 is 17.4 Å². The molecule has 0 unspecified atom stereocenters. The number of anilines is 1. The zero-order valence-electron chi connectivity index (χ0n) is 11.5. The third-order valence-electron chi connectivity index (χ3n) is 3.81. The highest BCUT2D eigenvalue weighted by molar-refractivity contribution is 6.30. The van der Waals surface area contributed by atoms with Crippen molar-refractivity contribution < 1.29 is 0 Å². The van der Waals surface area contributed by atoms with Gasteiger partial charge in [0.2, 0.25) is 0 Å². The van der Waals surface area contributed by atoms with Crippen LogP contribution in [-0.2, 0) is 6.42 Å². The van der Waals surface area contributed by atoms with E-state index in [1.807, 2.05) is 6.92 Å². The summed E-state index contributed by atoms with van der Waals surface area (Å²) in [6.45, 7) is 8.34. The second-order valence-electron chi connectivity index (χ2n) is 5.07. The molecule has 0 spiro atoms. The van der Waals surface area contributed by atoms with Gasteiger partial charge >= 0.3 is 0 Å². The summed E-state index contributed by atoms with van der Waals surface area (Å²) >= 11 is 6.21. The maximum Gasteiger partial charge on any atom is 0.137 e. The molecule has 1 aromatic rings. The van der Waals surface area contributed by atoms with Crippen molar-refractivity contribution in [3.05, 3.63) is 16.5 Å². The minimum absolute atomic E-state index is 0.601. The van der Waals surface area contributed by atoms with Gasteiger partial charge in [0.1, 0.15) is 16.8 Å². The number of aromatic nitrogens is 2. The van der Waals surface area contributed by atoms with Gasteiger partial charge in [-0.15, -0.1) is 0 Å². The molecule has 100 valence electrons. The Labute approximate surface area is 115 Å². The number of aryl methyl sites for hydroxylation is 1. The Bertz CT molecular complexity index is 416. The molecule has 0 N–H and O–H groups in total. The first-order chi connectivity index (χ1) is 8.65. The van der Waals surface area contributed by atoms with Gasteiger partial charge in [-0.2, -0.15) is 0 Å². The quantitative estimate of drug-likeness (QED) is 0.763. The Morgan fingerprint density at radius 2 is 2.00 bits per heavy atom.